The molecule has 42 heavy (non-hydrogen) atoms. The lowest BCUT2D eigenvalue weighted by Crippen LogP contribution is -2.11. The van der Waals surface area contributed by atoms with Crippen molar-refractivity contribution >= 4 is 41.3 Å². The van der Waals surface area contributed by atoms with Gasteiger partial charge in [0.1, 0.15) is 11.5 Å². The summed E-state index contributed by atoms with van der Waals surface area (Å²) < 4.78 is 20.9. The third kappa shape index (κ3) is 10.8. The van der Waals surface area contributed by atoms with Gasteiger partial charge in [-0.2, -0.15) is 0 Å². The number of anilines is 2. The van der Waals surface area contributed by atoms with Gasteiger partial charge < -0.3 is 30.4 Å². The second kappa shape index (κ2) is 16.2. The van der Waals surface area contributed by atoms with Crippen molar-refractivity contribution in [1.29, 1.82) is 0 Å². The molecule has 0 radical (unpaired) electrons. The van der Waals surface area contributed by atoms with E-state index in [1.165, 1.54) is 24.3 Å². The summed E-state index contributed by atoms with van der Waals surface area (Å²) >= 11 is 0. The van der Waals surface area contributed by atoms with Gasteiger partial charge >= 0.3 is 23.9 Å². The Morgan fingerprint density at radius 2 is 1.26 bits per heavy atom. The Kier molecular flexibility index (Phi) is 12.1. The molecular weight excluding hydrogens is 540 g/mol. The SMILES string of the molecule is CCCCCC(=O)Oc1ccc(OC(=O)C=Cc2ccc(C(=O)OCCCOC(=O)c3cc(N)cc(N)c3)cc2)cc1. The first kappa shape index (κ1) is 31.4. The molecule has 0 aliphatic heterocycles. The van der Waals surface area contributed by atoms with Gasteiger partial charge in [-0.05, 0) is 72.7 Å². The van der Waals surface area contributed by atoms with Gasteiger partial charge in [0.25, 0.3) is 0 Å². The van der Waals surface area contributed by atoms with E-state index in [1.807, 2.05) is 0 Å². The number of rotatable bonds is 14. The fourth-order valence-corrected chi connectivity index (χ4v) is 3.67. The van der Waals surface area contributed by atoms with E-state index in [9.17, 15) is 19.2 Å². The summed E-state index contributed by atoms with van der Waals surface area (Å²) in [6.07, 6.45) is 6.26. The Morgan fingerprint density at radius 1 is 0.690 bits per heavy atom. The number of hydrogen-bond acceptors (Lipinski definition) is 10. The largest absolute Gasteiger partial charge is 0.462 e. The van der Waals surface area contributed by atoms with Crippen LogP contribution in [0.5, 0.6) is 11.5 Å². The zero-order chi connectivity index (χ0) is 30.3. The van der Waals surface area contributed by atoms with Gasteiger partial charge in [-0.15, -0.1) is 0 Å². The van der Waals surface area contributed by atoms with Crippen LogP contribution in [0.25, 0.3) is 6.08 Å². The van der Waals surface area contributed by atoms with Crippen LogP contribution in [0, 0.1) is 0 Å². The molecule has 0 atom stereocenters. The van der Waals surface area contributed by atoms with E-state index < -0.39 is 17.9 Å². The van der Waals surface area contributed by atoms with Crippen molar-refractivity contribution in [3.63, 3.8) is 0 Å². The molecule has 0 amide bonds. The molecule has 0 aliphatic rings. The van der Waals surface area contributed by atoms with Crippen LogP contribution in [-0.4, -0.2) is 37.1 Å². The van der Waals surface area contributed by atoms with E-state index in [2.05, 4.69) is 6.92 Å². The van der Waals surface area contributed by atoms with E-state index in [4.69, 9.17) is 30.4 Å². The summed E-state index contributed by atoms with van der Waals surface area (Å²) in [6.45, 7) is 2.17. The molecule has 10 heteroatoms. The molecule has 3 aromatic rings. The molecule has 3 aromatic carbocycles. The van der Waals surface area contributed by atoms with Crippen LogP contribution in [0.2, 0.25) is 0 Å². The summed E-state index contributed by atoms with van der Waals surface area (Å²) in [5.74, 6) is -1.30. The standard InChI is InChI=1S/C32H34N2O8/c1-2-3-4-6-29(35)41-27-12-14-28(15-13-27)42-30(36)16-9-22-7-10-23(11-8-22)31(37)39-17-5-18-40-32(38)24-19-25(33)21-26(34)20-24/h7-16,19-21H,2-6,17-18,33-34H2,1H3. The molecule has 0 saturated carbocycles. The topological polar surface area (TPSA) is 157 Å². The molecule has 0 heterocycles. The summed E-state index contributed by atoms with van der Waals surface area (Å²) in [4.78, 5) is 48.4. The first-order valence-corrected chi connectivity index (χ1v) is 13.5. The number of esters is 4. The van der Waals surface area contributed by atoms with Crippen molar-refractivity contribution in [1.82, 2.24) is 0 Å². The zero-order valence-electron chi connectivity index (χ0n) is 23.4. The van der Waals surface area contributed by atoms with Gasteiger partial charge in [0.05, 0.1) is 24.3 Å². The highest BCUT2D eigenvalue weighted by Gasteiger charge is 2.11. The maximum atomic E-state index is 12.3. The molecule has 4 N–H and O–H groups in total. The first-order chi connectivity index (χ1) is 20.2. The van der Waals surface area contributed by atoms with Crippen molar-refractivity contribution in [3.8, 4) is 11.5 Å². The maximum Gasteiger partial charge on any atom is 0.338 e. The number of hydrogen-bond donors (Lipinski definition) is 2. The molecule has 0 saturated heterocycles. The van der Waals surface area contributed by atoms with Crippen LogP contribution in [-0.2, 0) is 19.1 Å². The van der Waals surface area contributed by atoms with Gasteiger partial charge in [-0.3, -0.25) is 4.79 Å². The minimum absolute atomic E-state index is 0.0529. The second-order valence-corrected chi connectivity index (χ2v) is 9.29. The number of ether oxygens (including phenoxy) is 4. The van der Waals surface area contributed by atoms with Crippen LogP contribution in [0.15, 0.2) is 72.8 Å². The minimum Gasteiger partial charge on any atom is -0.462 e. The molecule has 0 unspecified atom stereocenters. The molecular formula is C32H34N2O8. The van der Waals surface area contributed by atoms with Crippen LogP contribution >= 0.6 is 0 Å². The van der Waals surface area contributed by atoms with Crippen LogP contribution in [0.3, 0.4) is 0 Å². The summed E-state index contributed by atoms with van der Waals surface area (Å²) in [5.41, 5.74) is 13.3. The number of nitrogen functional groups attached to an aromatic ring is 2. The quantitative estimate of drug-likeness (QED) is 0.0844. The molecule has 220 valence electrons. The van der Waals surface area contributed by atoms with E-state index in [-0.39, 0.29) is 24.7 Å². The van der Waals surface area contributed by atoms with Crippen LogP contribution in [0.4, 0.5) is 11.4 Å². The average molecular weight is 575 g/mol. The number of carbonyl (C=O) groups is 4. The fourth-order valence-electron chi connectivity index (χ4n) is 3.67. The normalized spacial score (nSPS) is 10.7. The average Bonchev–Trinajstić information content (AvgIpc) is 2.96. The first-order valence-electron chi connectivity index (χ1n) is 13.5. The Labute approximate surface area is 244 Å². The third-order valence-electron chi connectivity index (χ3n) is 5.78. The highest BCUT2D eigenvalue weighted by atomic mass is 16.6. The third-order valence-corrected chi connectivity index (χ3v) is 5.78. The summed E-state index contributed by atoms with van der Waals surface area (Å²) in [5, 5.41) is 0. The zero-order valence-corrected chi connectivity index (χ0v) is 23.4. The van der Waals surface area contributed by atoms with Gasteiger partial charge in [0.15, 0.2) is 0 Å². The maximum absolute atomic E-state index is 12.3. The molecule has 10 nitrogen and oxygen atoms in total. The molecule has 0 spiro atoms. The molecule has 0 aromatic heterocycles. The lowest BCUT2D eigenvalue weighted by Gasteiger charge is -2.08. The highest BCUT2D eigenvalue weighted by molar-refractivity contribution is 5.92. The number of unbranched alkanes of at least 4 members (excludes halogenated alkanes) is 2. The minimum atomic E-state index is -0.595. The molecule has 0 bridgehead atoms. The van der Waals surface area contributed by atoms with Crippen LogP contribution in [0.1, 0.15) is 65.3 Å². The smallest absolute Gasteiger partial charge is 0.338 e. The summed E-state index contributed by atoms with van der Waals surface area (Å²) in [7, 11) is 0. The van der Waals surface area contributed by atoms with Crippen molar-refractivity contribution < 1.29 is 38.1 Å². The van der Waals surface area contributed by atoms with Crippen molar-refractivity contribution in [2.75, 3.05) is 24.7 Å². The molecule has 0 aliphatic carbocycles. The molecule has 3 rings (SSSR count). The van der Waals surface area contributed by atoms with Gasteiger partial charge in [-0.25, -0.2) is 14.4 Å². The summed E-state index contributed by atoms with van der Waals surface area (Å²) in [6, 6.07) is 17.1. The lowest BCUT2D eigenvalue weighted by molar-refractivity contribution is -0.134. The van der Waals surface area contributed by atoms with Gasteiger partial charge in [0.2, 0.25) is 0 Å². The van der Waals surface area contributed by atoms with E-state index in [0.717, 1.165) is 19.3 Å². The fraction of sp³-hybridized carbons (Fsp3) is 0.250. The van der Waals surface area contributed by atoms with E-state index >= 15 is 0 Å². The Bertz CT molecular complexity index is 1380. The predicted octanol–water partition coefficient (Wildman–Crippen LogP) is 5.36. The number of benzene rings is 3. The van der Waals surface area contributed by atoms with Crippen molar-refractivity contribution in [2.24, 2.45) is 0 Å². The number of nitrogens with two attached hydrogens (primary N) is 2. The second-order valence-electron chi connectivity index (χ2n) is 9.29. The Hall–Kier alpha value is -5.12. The number of carbonyl (C=O) groups excluding carboxylic acids is 4. The highest BCUT2D eigenvalue weighted by Crippen LogP contribution is 2.19. The monoisotopic (exact) mass is 574 g/mol. The predicted molar refractivity (Wildman–Crippen MR) is 158 cm³/mol. The van der Waals surface area contributed by atoms with Crippen molar-refractivity contribution in [2.45, 2.75) is 39.0 Å². The Morgan fingerprint density at radius 3 is 1.86 bits per heavy atom. The van der Waals surface area contributed by atoms with Gasteiger partial charge in [0, 0.05) is 30.3 Å². The lowest BCUT2D eigenvalue weighted by atomic mass is 10.1. The molecule has 0 fully saturated rings. The van der Waals surface area contributed by atoms with Gasteiger partial charge in [-0.1, -0.05) is 31.9 Å². The van der Waals surface area contributed by atoms with Crippen LogP contribution < -0.4 is 20.9 Å². The van der Waals surface area contributed by atoms with E-state index in [0.29, 0.717) is 46.8 Å². The van der Waals surface area contributed by atoms with E-state index in [1.54, 1.807) is 54.6 Å². The Balaban J connectivity index is 1.37. The van der Waals surface area contributed by atoms with Crippen molar-refractivity contribution in [3.05, 3.63) is 89.5 Å².